The largest absolute Gasteiger partial charge is 0.433 e. The minimum atomic E-state index is -4.45. The highest BCUT2D eigenvalue weighted by molar-refractivity contribution is 6.18. The molecule has 0 unspecified atom stereocenters. The second kappa shape index (κ2) is 6.78. The Morgan fingerprint density at radius 1 is 1.33 bits per heavy atom. The molecule has 0 saturated carbocycles. The number of alkyl halides is 4. The fourth-order valence-corrected chi connectivity index (χ4v) is 1.63. The monoisotopic (exact) mass is 281 g/mol. The first kappa shape index (κ1) is 15.0. The van der Waals surface area contributed by atoms with Crippen LogP contribution in [-0.4, -0.2) is 28.9 Å². The molecule has 0 fully saturated rings. The minimum absolute atomic E-state index is 0.0823. The zero-order valence-electron chi connectivity index (χ0n) is 10.0. The van der Waals surface area contributed by atoms with Gasteiger partial charge in [-0.1, -0.05) is 13.3 Å². The standard InChI is InChI=1S/C11H15ClF3N3/c1-2-3-7-18(8-5-12)10-16-6-4-9(17-10)11(13,14)15/h4,6H,2-3,5,7-8H2,1H3. The maximum atomic E-state index is 12.5. The SMILES string of the molecule is CCCCN(CCCl)c1nccc(C(F)(F)F)n1. The van der Waals surface area contributed by atoms with E-state index >= 15 is 0 Å². The van der Waals surface area contributed by atoms with Gasteiger partial charge >= 0.3 is 6.18 Å². The molecule has 1 aromatic rings. The molecule has 1 rings (SSSR count). The van der Waals surface area contributed by atoms with Crippen molar-refractivity contribution < 1.29 is 13.2 Å². The van der Waals surface area contributed by atoms with Crippen LogP contribution in [0.2, 0.25) is 0 Å². The molecule has 0 saturated heterocycles. The van der Waals surface area contributed by atoms with Crippen LogP contribution in [0.4, 0.5) is 19.1 Å². The topological polar surface area (TPSA) is 29.0 Å². The normalized spacial score (nSPS) is 11.6. The summed E-state index contributed by atoms with van der Waals surface area (Å²) >= 11 is 5.64. The first-order valence-electron chi connectivity index (χ1n) is 5.70. The van der Waals surface area contributed by atoms with Crippen molar-refractivity contribution >= 4 is 17.5 Å². The fraction of sp³-hybridized carbons (Fsp3) is 0.636. The molecule has 0 aromatic carbocycles. The summed E-state index contributed by atoms with van der Waals surface area (Å²) in [7, 11) is 0. The van der Waals surface area contributed by atoms with Crippen LogP contribution in [0, 0.1) is 0 Å². The van der Waals surface area contributed by atoms with E-state index < -0.39 is 11.9 Å². The second-order valence-electron chi connectivity index (χ2n) is 3.77. The molecule has 0 atom stereocenters. The van der Waals surface area contributed by atoms with E-state index in [1.807, 2.05) is 6.92 Å². The van der Waals surface area contributed by atoms with Crippen LogP contribution in [0.3, 0.4) is 0 Å². The van der Waals surface area contributed by atoms with Gasteiger partial charge in [-0.15, -0.1) is 11.6 Å². The van der Waals surface area contributed by atoms with Gasteiger partial charge in [0.1, 0.15) is 5.69 Å². The Morgan fingerprint density at radius 3 is 2.61 bits per heavy atom. The maximum absolute atomic E-state index is 12.5. The van der Waals surface area contributed by atoms with E-state index in [4.69, 9.17) is 11.6 Å². The molecular weight excluding hydrogens is 267 g/mol. The highest BCUT2D eigenvalue weighted by Crippen LogP contribution is 2.28. The predicted octanol–water partition coefficient (Wildman–Crippen LogP) is 3.34. The van der Waals surface area contributed by atoms with Crippen molar-refractivity contribution in [3.63, 3.8) is 0 Å². The third kappa shape index (κ3) is 4.33. The lowest BCUT2D eigenvalue weighted by molar-refractivity contribution is -0.141. The van der Waals surface area contributed by atoms with Crippen LogP contribution in [-0.2, 0) is 6.18 Å². The van der Waals surface area contributed by atoms with Crippen molar-refractivity contribution in [3.8, 4) is 0 Å². The van der Waals surface area contributed by atoms with Gasteiger partial charge in [-0.05, 0) is 12.5 Å². The highest BCUT2D eigenvalue weighted by atomic mass is 35.5. The molecule has 0 bridgehead atoms. The van der Waals surface area contributed by atoms with Crippen molar-refractivity contribution in [3.05, 3.63) is 18.0 Å². The third-order valence-corrected chi connectivity index (χ3v) is 2.52. The molecule has 0 aliphatic carbocycles. The number of hydrogen-bond acceptors (Lipinski definition) is 3. The van der Waals surface area contributed by atoms with Gasteiger partial charge in [0, 0.05) is 25.2 Å². The molecule has 7 heteroatoms. The summed E-state index contributed by atoms with van der Waals surface area (Å²) in [5.74, 6) is 0.405. The molecule has 0 N–H and O–H groups in total. The van der Waals surface area contributed by atoms with Gasteiger partial charge in [-0.25, -0.2) is 9.97 Å². The smallest absolute Gasteiger partial charge is 0.340 e. The zero-order valence-corrected chi connectivity index (χ0v) is 10.8. The van der Waals surface area contributed by atoms with E-state index in [-0.39, 0.29) is 5.95 Å². The van der Waals surface area contributed by atoms with Crippen LogP contribution >= 0.6 is 11.6 Å². The van der Waals surface area contributed by atoms with Crippen molar-refractivity contribution in [2.75, 3.05) is 23.9 Å². The van der Waals surface area contributed by atoms with E-state index in [1.54, 1.807) is 4.90 Å². The molecule has 102 valence electrons. The van der Waals surface area contributed by atoms with Gasteiger partial charge in [-0.2, -0.15) is 13.2 Å². The summed E-state index contributed by atoms with van der Waals surface area (Å²) in [5, 5.41) is 0. The summed E-state index contributed by atoms with van der Waals surface area (Å²) in [4.78, 5) is 9.10. The number of unbranched alkanes of at least 4 members (excludes halogenated alkanes) is 1. The molecule has 0 aliphatic heterocycles. The first-order chi connectivity index (χ1) is 8.49. The zero-order chi connectivity index (χ0) is 13.6. The molecule has 3 nitrogen and oxygen atoms in total. The van der Waals surface area contributed by atoms with Gasteiger partial charge in [0.15, 0.2) is 0 Å². The number of nitrogens with zero attached hydrogens (tertiary/aromatic N) is 3. The van der Waals surface area contributed by atoms with Gasteiger partial charge in [0.2, 0.25) is 5.95 Å². The van der Waals surface area contributed by atoms with Crippen molar-refractivity contribution in [1.82, 2.24) is 9.97 Å². The molecule has 18 heavy (non-hydrogen) atoms. The summed E-state index contributed by atoms with van der Waals surface area (Å²) in [5.41, 5.74) is -0.927. The lowest BCUT2D eigenvalue weighted by Gasteiger charge is -2.21. The van der Waals surface area contributed by atoms with Gasteiger partial charge in [0.05, 0.1) is 0 Å². The van der Waals surface area contributed by atoms with Crippen LogP contribution in [0.1, 0.15) is 25.5 Å². The van der Waals surface area contributed by atoms with Crippen LogP contribution in [0.15, 0.2) is 12.3 Å². The fourth-order valence-electron chi connectivity index (χ4n) is 1.42. The first-order valence-corrected chi connectivity index (χ1v) is 6.23. The Hall–Kier alpha value is -1.04. The highest BCUT2D eigenvalue weighted by Gasteiger charge is 2.33. The number of hydrogen-bond donors (Lipinski definition) is 0. The summed E-state index contributed by atoms with van der Waals surface area (Å²) in [6.45, 7) is 3.04. The van der Waals surface area contributed by atoms with E-state index in [9.17, 15) is 13.2 Å². The lowest BCUT2D eigenvalue weighted by atomic mass is 10.3. The molecule has 0 amide bonds. The number of aromatic nitrogens is 2. The quantitative estimate of drug-likeness (QED) is 0.749. The Balaban J connectivity index is 2.90. The van der Waals surface area contributed by atoms with Gasteiger partial charge < -0.3 is 4.90 Å². The average molecular weight is 282 g/mol. The number of rotatable bonds is 6. The minimum Gasteiger partial charge on any atom is -0.340 e. The summed E-state index contributed by atoms with van der Waals surface area (Å²) < 4.78 is 37.6. The molecule has 1 aromatic heterocycles. The summed E-state index contributed by atoms with van der Waals surface area (Å²) in [6.07, 6.45) is -1.53. The van der Waals surface area contributed by atoms with Crippen LogP contribution in [0.25, 0.3) is 0 Å². The van der Waals surface area contributed by atoms with E-state index in [0.29, 0.717) is 19.0 Å². The molecular formula is C11H15ClF3N3. The second-order valence-corrected chi connectivity index (χ2v) is 4.15. The molecule has 0 radical (unpaired) electrons. The Morgan fingerprint density at radius 2 is 2.06 bits per heavy atom. The number of anilines is 1. The molecule has 1 heterocycles. The Bertz CT molecular complexity index is 371. The molecule has 0 spiro atoms. The van der Waals surface area contributed by atoms with Gasteiger partial charge in [-0.3, -0.25) is 0 Å². The van der Waals surface area contributed by atoms with Gasteiger partial charge in [0.25, 0.3) is 0 Å². The van der Waals surface area contributed by atoms with E-state index in [0.717, 1.165) is 25.1 Å². The predicted molar refractivity (Wildman–Crippen MR) is 64.9 cm³/mol. The van der Waals surface area contributed by atoms with Crippen LogP contribution < -0.4 is 4.90 Å². The van der Waals surface area contributed by atoms with E-state index in [2.05, 4.69) is 9.97 Å². The Labute approximate surface area is 109 Å². The molecule has 0 aliphatic rings. The maximum Gasteiger partial charge on any atom is 0.433 e. The van der Waals surface area contributed by atoms with Crippen LogP contribution in [0.5, 0.6) is 0 Å². The van der Waals surface area contributed by atoms with Crippen molar-refractivity contribution in [1.29, 1.82) is 0 Å². The third-order valence-electron chi connectivity index (χ3n) is 2.35. The van der Waals surface area contributed by atoms with Crippen molar-refractivity contribution in [2.45, 2.75) is 25.9 Å². The van der Waals surface area contributed by atoms with E-state index in [1.165, 1.54) is 0 Å². The lowest BCUT2D eigenvalue weighted by Crippen LogP contribution is -2.29. The van der Waals surface area contributed by atoms with Crippen molar-refractivity contribution in [2.24, 2.45) is 0 Å². The Kier molecular flexibility index (Phi) is 5.65. The average Bonchev–Trinajstić information content (AvgIpc) is 2.33. The number of halogens is 4. The summed E-state index contributed by atoms with van der Waals surface area (Å²) in [6, 6.07) is 0.863.